The van der Waals surface area contributed by atoms with E-state index in [-0.39, 0.29) is 11.5 Å². The molecule has 0 radical (unpaired) electrons. The van der Waals surface area contributed by atoms with Crippen molar-refractivity contribution < 1.29 is 14.6 Å². The highest BCUT2D eigenvalue weighted by molar-refractivity contribution is 5.89. The summed E-state index contributed by atoms with van der Waals surface area (Å²) in [5.74, 6) is -0.875. The molecule has 4 heteroatoms. The molecule has 0 heterocycles. The Morgan fingerprint density at radius 2 is 2.16 bits per heavy atom. The molecule has 0 aliphatic heterocycles. The number of carbonyl (C=O) groups is 1. The lowest BCUT2D eigenvalue weighted by Gasteiger charge is -2.51. The van der Waals surface area contributed by atoms with Crippen molar-refractivity contribution in [2.75, 3.05) is 7.11 Å². The minimum Gasteiger partial charge on any atom is -0.478 e. The number of hydrogen-bond donors (Lipinski definition) is 2. The summed E-state index contributed by atoms with van der Waals surface area (Å²) in [6.07, 6.45) is 1.25. The van der Waals surface area contributed by atoms with Crippen molar-refractivity contribution in [3.63, 3.8) is 0 Å². The smallest absolute Gasteiger partial charge is 0.336 e. The molecule has 2 atom stereocenters. The van der Waals surface area contributed by atoms with Crippen molar-refractivity contribution in [1.29, 1.82) is 0 Å². The molecule has 19 heavy (non-hydrogen) atoms. The molecule has 1 fully saturated rings. The first kappa shape index (κ1) is 14.0. The second kappa shape index (κ2) is 5.31. The van der Waals surface area contributed by atoms with E-state index in [0.29, 0.717) is 18.2 Å². The van der Waals surface area contributed by atoms with Crippen molar-refractivity contribution in [3.05, 3.63) is 35.4 Å². The molecule has 1 saturated carbocycles. The normalized spacial score (nSPS) is 24.8. The van der Waals surface area contributed by atoms with E-state index < -0.39 is 5.97 Å². The van der Waals surface area contributed by atoms with E-state index in [1.54, 1.807) is 19.2 Å². The maximum atomic E-state index is 11.1. The molecular formula is C15H21NO3. The van der Waals surface area contributed by atoms with E-state index in [1.807, 2.05) is 12.1 Å². The van der Waals surface area contributed by atoms with Gasteiger partial charge in [0, 0.05) is 25.1 Å². The molecule has 1 aliphatic rings. The molecule has 4 nitrogen and oxygen atoms in total. The van der Waals surface area contributed by atoms with Crippen LogP contribution in [-0.2, 0) is 11.3 Å². The third kappa shape index (κ3) is 2.65. The van der Waals surface area contributed by atoms with E-state index >= 15 is 0 Å². The molecule has 0 saturated heterocycles. The number of aromatic carboxylic acids is 1. The summed E-state index contributed by atoms with van der Waals surface area (Å²) in [4.78, 5) is 11.1. The van der Waals surface area contributed by atoms with Crippen molar-refractivity contribution >= 4 is 5.97 Å². The van der Waals surface area contributed by atoms with Crippen LogP contribution in [0.15, 0.2) is 24.3 Å². The van der Waals surface area contributed by atoms with Crippen LogP contribution in [0.1, 0.15) is 36.2 Å². The first-order valence-electron chi connectivity index (χ1n) is 6.54. The van der Waals surface area contributed by atoms with Crippen LogP contribution >= 0.6 is 0 Å². The Labute approximate surface area is 113 Å². The molecular weight excluding hydrogens is 242 g/mol. The lowest BCUT2D eigenvalue weighted by molar-refractivity contribution is -0.0979. The van der Waals surface area contributed by atoms with Crippen LogP contribution in [0.3, 0.4) is 0 Å². The maximum absolute atomic E-state index is 11.1. The average molecular weight is 263 g/mol. The zero-order valence-electron chi connectivity index (χ0n) is 11.6. The third-order valence-corrected chi connectivity index (χ3v) is 4.25. The summed E-state index contributed by atoms with van der Waals surface area (Å²) < 4.78 is 5.41. The molecule has 2 rings (SSSR count). The number of carboxylic acid groups (broad SMARTS) is 1. The molecule has 0 aromatic heterocycles. The van der Waals surface area contributed by atoms with E-state index in [9.17, 15) is 4.79 Å². The van der Waals surface area contributed by atoms with Gasteiger partial charge in [0.2, 0.25) is 0 Å². The second-order valence-electron chi connectivity index (χ2n) is 5.68. The predicted molar refractivity (Wildman–Crippen MR) is 73.2 cm³/mol. The summed E-state index contributed by atoms with van der Waals surface area (Å²) in [5, 5.41) is 12.6. The van der Waals surface area contributed by atoms with Gasteiger partial charge in [0.1, 0.15) is 0 Å². The number of benzene rings is 1. The van der Waals surface area contributed by atoms with Gasteiger partial charge in [-0.1, -0.05) is 32.0 Å². The fraction of sp³-hybridized carbons (Fsp3) is 0.533. The van der Waals surface area contributed by atoms with E-state index in [2.05, 4.69) is 19.2 Å². The number of carboxylic acids is 1. The number of methoxy groups -OCH3 is 1. The molecule has 1 aliphatic carbocycles. The zero-order valence-corrected chi connectivity index (χ0v) is 11.6. The lowest BCUT2D eigenvalue weighted by Crippen LogP contribution is -2.60. The van der Waals surface area contributed by atoms with E-state index in [0.717, 1.165) is 12.0 Å². The molecule has 0 spiro atoms. The maximum Gasteiger partial charge on any atom is 0.336 e. The minimum absolute atomic E-state index is 0.0902. The van der Waals surface area contributed by atoms with Crippen LogP contribution in [0.2, 0.25) is 0 Å². The topological polar surface area (TPSA) is 58.6 Å². The first-order chi connectivity index (χ1) is 8.96. The molecule has 0 amide bonds. The Kier molecular flexibility index (Phi) is 3.92. The average Bonchev–Trinajstić information content (AvgIpc) is 2.38. The Bertz CT molecular complexity index is 470. The number of rotatable bonds is 5. The number of ether oxygens (including phenoxy) is 1. The molecule has 1 aromatic carbocycles. The predicted octanol–water partition coefficient (Wildman–Crippen LogP) is 2.29. The van der Waals surface area contributed by atoms with E-state index in [1.165, 1.54) is 0 Å². The first-order valence-corrected chi connectivity index (χ1v) is 6.54. The van der Waals surface area contributed by atoms with Crippen molar-refractivity contribution in [3.8, 4) is 0 Å². The van der Waals surface area contributed by atoms with Gasteiger partial charge in [0.15, 0.2) is 0 Å². The van der Waals surface area contributed by atoms with Gasteiger partial charge >= 0.3 is 5.97 Å². The highest BCUT2D eigenvalue weighted by atomic mass is 16.5. The van der Waals surface area contributed by atoms with Gasteiger partial charge < -0.3 is 15.2 Å². The Balaban J connectivity index is 1.99. The SMILES string of the molecule is COC1CC(NCc2ccccc2C(=O)O)C1(C)C. The molecule has 1 aromatic rings. The quantitative estimate of drug-likeness (QED) is 0.855. The third-order valence-electron chi connectivity index (χ3n) is 4.25. The van der Waals surface area contributed by atoms with Crippen LogP contribution in [0.25, 0.3) is 0 Å². The van der Waals surface area contributed by atoms with Crippen LogP contribution in [0.4, 0.5) is 0 Å². The fourth-order valence-electron chi connectivity index (χ4n) is 2.75. The Morgan fingerprint density at radius 3 is 2.74 bits per heavy atom. The van der Waals surface area contributed by atoms with Crippen LogP contribution in [-0.4, -0.2) is 30.3 Å². The number of hydrogen-bond acceptors (Lipinski definition) is 3. The molecule has 2 N–H and O–H groups in total. The molecule has 0 bridgehead atoms. The standard InChI is InChI=1S/C15H21NO3/c1-15(2)12(8-13(15)19-3)16-9-10-6-4-5-7-11(10)14(17)18/h4-7,12-13,16H,8-9H2,1-3H3,(H,17,18). The zero-order chi connectivity index (χ0) is 14.0. The summed E-state index contributed by atoms with van der Waals surface area (Å²) >= 11 is 0. The minimum atomic E-state index is -0.875. The van der Waals surface area contributed by atoms with Crippen LogP contribution in [0, 0.1) is 5.41 Å². The van der Waals surface area contributed by atoms with Crippen molar-refractivity contribution in [2.24, 2.45) is 5.41 Å². The number of nitrogens with one attached hydrogen (secondary N) is 1. The fourth-order valence-corrected chi connectivity index (χ4v) is 2.75. The largest absolute Gasteiger partial charge is 0.478 e. The summed E-state index contributed by atoms with van der Waals surface area (Å²) in [5.41, 5.74) is 1.29. The summed E-state index contributed by atoms with van der Waals surface area (Å²) in [7, 11) is 1.74. The second-order valence-corrected chi connectivity index (χ2v) is 5.68. The van der Waals surface area contributed by atoms with Gasteiger partial charge in [-0.15, -0.1) is 0 Å². The van der Waals surface area contributed by atoms with Gasteiger partial charge in [-0.2, -0.15) is 0 Å². The van der Waals surface area contributed by atoms with Gasteiger partial charge in [-0.3, -0.25) is 0 Å². The Morgan fingerprint density at radius 1 is 1.47 bits per heavy atom. The lowest BCUT2D eigenvalue weighted by atomic mass is 9.64. The van der Waals surface area contributed by atoms with E-state index in [4.69, 9.17) is 9.84 Å². The van der Waals surface area contributed by atoms with Gasteiger partial charge in [-0.25, -0.2) is 4.79 Å². The monoisotopic (exact) mass is 263 g/mol. The van der Waals surface area contributed by atoms with Gasteiger partial charge in [-0.05, 0) is 18.1 Å². The highest BCUT2D eigenvalue weighted by Gasteiger charge is 2.48. The summed E-state index contributed by atoms with van der Waals surface area (Å²) in [6, 6.07) is 7.48. The summed E-state index contributed by atoms with van der Waals surface area (Å²) in [6.45, 7) is 4.92. The van der Waals surface area contributed by atoms with Crippen LogP contribution < -0.4 is 5.32 Å². The molecule has 2 unspecified atom stereocenters. The molecule has 104 valence electrons. The van der Waals surface area contributed by atoms with Crippen molar-refractivity contribution in [1.82, 2.24) is 5.32 Å². The Hall–Kier alpha value is -1.39. The van der Waals surface area contributed by atoms with Crippen LogP contribution in [0.5, 0.6) is 0 Å². The van der Waals surface area contributed by atoms with Crippen molar-refractivity contribution in [2.45, 2.75) is 39.0 Å². The highest BCUT2D eigenvalue weighted by Crippen LogP contribution is 2.42. The van der Waals surface area contributed by atoms with Gasteiger partial charge in [0.25, 0.3) is 0 Å². The van der Waals surface area contributed by atoms with Gasteiger partial charge in [0.05, 0.1) is 11.7 Å².